The summed E-state index contributed by atoms with van der Waals surface area (Å²) >= 11 is 9.13. The summed E-state index contributed by atoms with van der Waals surface area (Å²) in [5, 5.41) is 0. The average Bonchev–Trinajstić information content (AvgIpc) is 2.46. The highest BCUT2D eigenvalue weighted by molar-refractivity contribution is 9.10. The van der Waals surface area contributed by atoms with Gasteiger partial charge in [-0.1, -0.05) is 6.07 Å². The molecule has 0 aromatic heterocycles. The van der Waals surface area contributed by atoms with E-state index in [0.29, 0.717) is 34.4 Å². The summed E-state index contributed by atoms with van der Waals surface area (Å²) in [7, 11) is 0.634. The van der Waals surface area contributed by atoms with E-state index < -0.39 is 10.0 Å². The first-order valence-corrected chi connectivity index (χ1v) is 9.64. The van der Waals surface area contributed by atoms with E-state index in [1.54, 1.807) is 22.5 Å². The minimum atomic E-state index is -3.44. The first-order valence-electron chi connectivity index (χ1n) is 6.87. The molecule has 1 aromatic rings. The fourth-order valence-electron chi connectivity index (χ4n) is 2.57. The molecule has 0 N–H and O–H groups in total. The molecule has 0 saturated carbocycles. The van der Waals surface area contributed by atoms with Gasteiger partial charge in [-0.2, -0.15) is 4.31 Å². The van der Waals surface area contributed by atoms with Gasteiger partial charge in [0.1, 0.15) is 0 Å². The molecule has 1 heterocycles. The average molecular weight is 396 g/mol. The summed E-state index contributed by atoms with van der Waals surface area (Å²) < 4.78 is 27.6. The van der Waals surface area contributed by atoms with E-state index in [1.807, 2.05) is 14.1 Å². The second-order valence-electron chi connectivity index (χ2n) is 5.50. The van der Waals surface area contributed by atoms with Gasteiger partial charge in [-0.3, -0.25) is 0 Å². The third-order valence-corrected chi connectivity index (χ3v) is 7.11. The third-order valence-electron chi connectivity index (χ3n) is 3.92. The largest absolute Gasteiger partial charge is 0.306 e. The van der Waals surface area contributed by atoms with Crippen LogP contribution in [0.15, 0.2) is 27.6 Å². The second-order valence-corrected chi connectivity index (χ2v) is 8.53. The van der Waals surface area contributed by atoms with Gasteiger partial charge in [0.2, 0.25) is 10.0 Å². The van der Waals surface area contributed by atoms with E-state index in [4.69, 9.17) is 11.6 Å². The number of alkyl halides is 1. The topological polar surface area (TPSA) is 40.6 Å². The smallest absolute Gasteiger partial charge is 0.244 e. The summed E-state index contributed by atoms with van der Waals surface area (Å²) in [5.74, 6) is 0.368. The molecular formula is C14H20BrClN2O2S. The lowest BCUT2D eigenvalue weighted by molar-refractivity contribution is 0.196. The SMILES string of the molecule is CN(C)C1CCN(S(=O)(=O)c2ccc(CCl)cc2Br)CC1. The molecule has 0 radical (unpaired) electrons. The highest BCUT2D eigenvalue weighted by Gasteiger charge is 2.31. The number of nitrogens with zero attached hydrogens (tertiary/aromatic N) is 2. The maximum Gasteiger partial charge on any atom is 0.244 e. The van der Waals surface area contributed by atoms with Crippen LogP contribution in [0.5, 0.6) is 0 Å². The van der Waals surface area contributed by atoms with Crippen LogP contribution in [0.1, 0.15) is 18.4 Å². The Bertz CT molecular complexity index is 599. The van der Waals surface area contributed by atoms with Crippen molar-refractivity contribution in [2.24, 2.45) is 0 Å². The van der Waals surface area contributed by atoms with E-state index in [9.17, 15) is 8.42 Å². The minimum Gasteiger partial charge on any atom is -0.306 e. The third kappa shape index (κ3) is 3.79. The van der Waals surface area contributed by atoms with Gasteiger partial charge >= 0.3 is 0 Å². The van der Waals surface area contributed by atoms with Gasteiger partial charge < -0.3 is 4.90 Å². The number of sulfonamides is 1. The summed E-state index contributed by atoms with van der Waals surface area (Å²) in [5.41, 5.74) is 0.897. The number of benzene rings is 1. The Kier molecular flexibility index (Phi) is 5.71. The molecule has 1 aromatic carbocycles. The zero-order chi connectivity index (χ0) is 15.6. The standard InChI is InChI=1S/C14H20BrClN2O2S/c1-17(2)12-5-7-18(8-6-12)21(19,20)14-4-3-11(10-16)9-13(14)15/h3-4,9,12H,5-8,10H2,1-2H3. The van der Waals surface area contributed by atoms with E-state index in [-0.39, 0.29) is 0 Å². The fourth-order valence-corrected chi connectivity index (χ4v) is 5.30. The van der Waals surface area contributed by atoms with Crippen molar-refractivity contribution in [3.8, 4) is 0 Å². The van der Waals surface area contributed by atoms with Gasteiger partial charge in [0.15, 0.2) is 0 Å². The lowest BCUT2D eigenvalue weighted by Gasteiger charge is -2.34. The second kappa shape index (κ2) is 6.96. The molecule has 1 aliphatic rings. The van der Waals surface area contributed by atoms with Gasteiger partial charge in [-0.15, -0.1) is 11.6 Å². The highest BCUT2D eigenvalue weighted by Crippen LogP contribution is 2.29. The molecule has 0 amide bonds. The van der Waals surface area contributed by atoms with Crippen LogP contribution in [-0.4, -0.2) is 50.8 Å². The quantitative estimate of drug-likeness (QED) is 0.736. The van der Waals surface area contributed by atoms with Crippen LogP contribution in [0.25, 0.3) is 0 Å². The number of rotatable bonds is 4. The molecule has 1 fully saturated rings. The molecular weight excluding hydrogens is 376 g/mol. The molecule has 21 heavy (non-hydrogen) atoms. The van der Waals surface area contributed by atoms with E-state index in [2.05, 4.69) is 20.8 Å². The Labute approximate surface area is 140 Å². The minimum absolute atomic E-state index is 0.319. The maximum absolute atomic E-state index is 12.7. The highest BCUT2D eigenvalue weighted by atomic mass is 79.9. The van der Waals surface area contributed by atoms with Crippen LogP contribution in [-0.2, 0) is 15.9 Å². The summed E-state index contributed by atoms with van der Waals surface area (Å²) in [4.78, 5) is 2.48. The number of hydrogen-bond donors (Lipinski definition) is 0. The lowest BCUT2D eigenvalue weighted by atomic mass is 10.1. The number of hydrogen-bond acceptors (Lipinski definition) is 3. The zero-order valence-electron chi connectivity index (χ0n) is 12.2. The van der Waals surface area contributed by atoms with Gasteiger partial charge in [0.05, 0.1) is 4.90 Å². The van der Waals surface area contributed by atoms with Gasteiger partial charge in [0.25, 0.3) is 0 Å². The molecule has 118 valence electrons. The molecule has 0 bridgehead atoms. The lowest BCUT2D eigenvalue weighted by Crippen LogP contribution is -2.44. The summed E-state index contributed by atoms with van der Waals surface area (Å²) in [6.45, 7) is 1.13. The van der Waals surface area contributed by atoms with Crippen molar-refractivity contribution in [1.29, 1.82) is 0 Å². The van der Waals surface area contributed by atoms with Crippen molar-refractivity contribution in [2.75, 3.05) is 27.2 Å². The Hall–Kier alpha value is -0.140. The van der Waals surface area contributed by atoms with Crippen molar-refractivity contribution in [3.63, 3.8) is 0 Å². The normalized spacial score (nSPS) is 18.3. The van der Waals surface area contributed by atoms with Crippen molar-refractivity contribution >= 4 is 37.6 Å². The predicted octanol–water partition coefficient (Wildman–Crippen LogP) is 2.90. The predicted molar refractivity (Wildman–Crippen MR) is 89.2 cm³/mol. The van der Waals surface area contributed by atoms with Crippen molar-refractivity contribution < 1.29 is 8.42 Å². The zero-order valence-corrected chi connectivity index (χ0v) is 15.4. The van der Waals surface area contributed by atoms with Crippen LogP contribution in [0.3, 0.4) is 0 Å². The summed E-state index contributed by atoms with van der Waals surface area (Å²) in [6, 6.07) is 5.62. The van der Waals surface area contributed by atoms with Crippen LogP contribution in [0, 0.1) is 0 Å². The molecule has 0 unspecified atom stereocenters. The van der Waals surface area contributed by atoms with Gasteiger partial charge in [-0.25, -0.2) is 8.42 Å². The van der Waals surface area contributed by atoms with Gasteiger partial charge in [0, 0.05) is 29.5 Å². The van der Waals surface area contributed by atoms with Crippen LogP contribution < -0.4 is 0 Å². The van der Waals surface area contributed by atoms with E-state index >= 15 is 0 Å². The Morgan fingerprint density at radius 1 is 1.33 bits per heavy atom. The van der Waals surface area contributed by atoms with E-state index in [0.717, 1.165) is 18.4 Å². The number of piperidine rings is 1. The Balaban J connectivity index is 2.19. The monoisotopic (exact) mass is 394 g/mol. The molecule has 1 saturated heterocycles. The van der Waals surface area contributed by atoms with Crippen LogP contribution in [0.2, 0.25) is 0 Å². The first-order chi connectivity index (χ1) is 9.86. The Morgan fingerprint density at radius 2 is 1.95 bits per heavy atom. The van der Waals surface area contributed by atoms with Crippen molar-refractivity contribution in [1.82, 2.24) is 9.21 Å². The molecule has 0 spiro atoms. The molecule has 1 aliphatic heterocycles. The van der Waals surface area contributed by atoms with Gasteiger partial charge in [-0.05, 0) is 60.6 Å². The van der Waals surface area contributed by atoms with Crippen LogP contribution in [0.4, 0.5) is 0 Å². The van der Waals surface area contributed by atoms with Crippen molar-refractivity contribution in [3.05, 3.63) is 28.2 Å². The first kappa shape index (κ1) is 17.2. The van der Waals surface area contributed by atoms with E-state index in [1.165, 1.54) is 0 Å². The molecule has 4 nitrogen and oxygen atoms in total. The number of halogens is 2. The van der Waals surface area contributed by atoms with Crippen LogP contribution >= 0.6 is 27.5 Å². The summed E-state index contributed by atoms with van der Waals surface area (Å²) in [6.07, 6.45) is 1.73. The van der Waals surface area contributed by atoms with Crippen molar-refractivity contribution in [2.45, 2.75) is 29.7 Å². The fraction of sp³-hybridized carbons (Fsp3) is 0.571. The molecule has 0 atom stereocenters. The molecule has 0 aliphatic carbocycles. The molecule has 7 heteroatoms. The Morgan fingerprint density at radius 3 is 2.43 bits per heavy atom. The molecule has 2 rings (SSSR count). The maximum atomic E-state index is 12.7.